The lowest BCUT2D eigenvalue weighted by Crippen LogP contribution is -2.05. The van der Waals surface area contributed by atoms with Crippen molar-refractivity contribution in [1.29, 1.82) is 0 Å². The van der Waals surface area contributed by atoms with Gasteiger partial charge >= 0.3 is 0 Å². The maximum atomic E-state index is 5.54. The van der Waals surface area contributed by atoms with Gasteiger partial charge in [-0.15, -0.1) is 0 Å². The van der Waals surface area contributed by atoms with Gasteiger partial charge in [0.1, 0.15) is 5.82 Å². The summed E-state index contributed by atoms with van der Waals surface area (Å²) < 4.78 is 5.02. The Bertz CT molecular complexity index is 250. The fourth-order valence-electron chi connectivity index (χ4n) is 1.08. The Hall–Kier alpha value is -1.09. The van der Waals surface area contributed by atoms with Crippen molar-refractivity contribution >= 4 is 5.82 Å². The largest absolute Gasteiger partial charge is 0.384 e. The normalized spacial score (nSPS) is 12.8. The molecule has 3 heteroatoms. The minimum absolute atomic E-state index is 0.304. The van der Waals surface area contributed by atoms with Gasteiger partial charge in [0, 0.05) is 18.7 Å². The molecule has 1 rings (SSSR count). The Labute approximate surface area is 72.6 Å². The van der Waals surface area contributed by atoms with E-state index in [1.165, 1.54) is 0 Å². The number of ether oxygens (including phenoxy) is 1. The molecule has 1 aromatic rings. The molecule has 0 radical (unpaired) electrons. The van der Waals surface area contributed by atoms with Gasteiger partial charge in [0.25, 0.3) is 0 Å². The lowest BCUT2D eigenvalue weighted by atomic mass is 10.1. The highest BCUT2D eigenvalue weighted by Crippen LogP contribution is 2.13. The number of nitrogens with zero attached hydrogens (tertiary/aromatic N) is 1. The van der Waals surface area contributed by atoms with Crippen LogP contribution < -0.4 is 5.73 Å². The third-order valence-corrected chi connectivity index (χ3v) is 1.71. The average molecular weight is 166 g/mol. The SMILES string of the molecule is COC[C@@H](C)c1cccc(N)n1. The molecule has 1 aromatic heterocycles. The second kappa shape index (κ2) is 4.07. The first-order chi connectivity index (χ1) is 5.74. The zero-order chi connectivity index (χ0) is 8.97. The Kier molecular flexibility index (Phi) is 3.05. The third-order valence-electron chi connectivity index (χ3n) is 1.71. The van der Waals surface area contributed by atoms with Crippen LogP contribution in [0.25, 0.3) is 0 Å². The highest BCUT2D eigenvalue weighted by Gasteiger charge is 2.05. The van der Waals surface area contributed by atoms with Crippen LogP contribution in [-0.4, -0.2) is 18.7 Å². The molecule has 2 N–H and O–H groups in total. The van der Waals surface area contributed by atoms with Gasteiger partial charge in [-0.1, -0.05) is 13.0 Å². The molecule has 0 aliphatic heterocycles. The highest BCUT2D eigenvalue weighted by molar-refractivity contribution is 5.29. The number of hydrogen-bond acceptors (Lipinski definition) is 3. The maximum Gasteiger partial charge on any atom is 0.123 e. The van der Waals surface area contributed by atoms with E-state index in [0.29, 0.717) is 18.3 Å². The quantitative estimate of drug-likeness (QED) is 0.738. The maximum absolute atomic E-state index is 5.54. The number of pyridine rings is 1. The van der Waals surface area contributed by atoms with Gasteiger partial charge in [-0.3, -0.25) is 0 Å². The summed E-state index contributed by atoms with van der Waals surface area (Å²) in [5.74, 6) is 0.869. The number of rotatable bonds is 3. The van der Waals surface area contributed by atoms with Gasteiger partial charge in [0.2, 0.25) is 0 Å². The number of methoxy groups -OCH3 is 1. The van der Waals surface area contributed by atoms with Gasteiger partial charge in [-0.25, -0.2) is 4.98 Å². The molecule has 0 aliphatic carbocycles. The van der Waals surface area contributed by atoms with Gasteiger partial charge in [0.15, 0.2) is 0 Å². The van der Waals surface area contributed by atoms with Crippen molar-refractivity contribution in [2.24, 2.45) is 0 Å². The van der Waals surface area contributed by atoms with Crippen LogP contribution in [0.1, 0.15) is 18.5 Å². The highest BCUT2D eigenvalue weighted by atomic mass is 16.5. The van der Waals surface area contributed by atoms with Crippen molar-refractivity contribution in [3.63, 3.8) is 0 Å². The predicted octanol–water partition coefficient (Wildman–Crippen LogP) is 1.41. The van der Waals surface area contributed by atoms with Crippen molar-refractivity contribution in [3.05, 3.63) is 23.9 Å². The summed E-state index contributed by atoms with van der Waals surface area (Å²) >= 11 is 0. The summed E-state index contributed by atoms with van der Waals surface area (Å²) in [6.45, 7) is 2.74. The number of aromatic nitrogens is 1. The van der Waals surface area contributed by atoms with Crippen molar-refractivity contribution in [3.8, 4) is 0 Å². The molecule has 12 heavy (non-hydrogen) atoms. The predicted molar refractivity (Wildman–Crippen MR) is 48.9 cm³/mol. The summed E-state index contributed by atoms with van der Waals surface area (Å²) in [6.07, 6.45) is 0. The van der Waals surface area contributed by atoms with E-state index in [4.69, 9.17) is 10.5 Å². The molecule has 0 aliphatic rings. The molecule has 0 saturated heterocycles. The van der Waals surface area contributed by atoms with Crippen molar-refractivity contribution in [1.82, 2.24) is 4.98 Å². The fourth-order valence-corrected chi connectivity index (χ4v) is 1.08. The lowest BCUT2D eigenvalue weighted by Gasteiger charge is -2.09. The van der Waals surface area contributed by atoms with E-state index >= 15 is 0 Å². The molecular weight excluding hydrogens is 152 g/mol. The molecule has 66 valence electrons. The first-order valence-corrected chi connectivity index (χ1v) is 3.95. The molecule has 1 heterocycles. The minimum atomic E-state index is 0.304. The molecule has 0 aromatic carbocycles. The van der Waals surface area contributed by atoms with Crippen LogP contribution in [0.3, 0.4) is 0 Å². The summed E-state index contributed by atoms with van der Waals surface area (Å²) in [5, 5.41) is 0. The van der Waals surface area contributed by atoms with Crippen LogP contribution in [-0.2, 0) is 4.74 Å². The zero-order valence-electron chi connectivity index (χ0n) is 7.45. The number of nitrogen functional groups attached to an aromatic ring is 1. The third kappa shape index (κ3) is 2.20. The van der Waals surface area contributed by atoms with Crippen molar-refractivity contribution in [2.45, 2.75) is 12.8 Å². The number of nitrogens with two attached hydrogens (primary N) is 1. The number of hydrogen-bond donors (Lipinski definition) is 1. The molecule has 0 spiro atoms. The van der Waals surface area contributed by atoms with E-state index in [9.17, 15) is 0 Å². The van der Waals surface area contributed by atoms with Crippen LogP contribution in [0.5, 0.6) is 0 Å². The summed E-state index contributed by atoms with van der Waals surface area (Å²) in [4.78, 5) is 4.19. The van der Waals surface area contributed by atoms with Gasteiger partial charge in [-0.05, 0) is 12.1 Å². The first kappa shape index (κ1) is 9.00. The summed E-state index contributed by atoms with van der Waals surface area (Å²) in [7, 11) is 1.68. The minimum Gasteiger partial charge on any atom is -0.384 e. The molecule has 0 saturated carbocycles. The Morgan fingerprint density at radius 1 is 1.58 bits per heavy atom. The van der Waals surface area contributed by atoms with E-state index in [2.05, 4.69) is 11.9 Å². The number of anilines is 1. The standard InChI is InChI=1S/C9H14N2O/c1-7(6-12-2)8-4-3-5-9(10)11-8/h3-5,7H,6H2,1-2H3,(H2,10,11)/t7-/m1/s1. The molecule has 0 bridgehead atoms. The van der Waals surface area contributed by atoms with Gasteiger partial charge < -0.3 is 10.5 Å². The van der Waals surface area contributed by atoms with Crippen molar-refractivity contribution < 1.29 is 4.74 Å². The summed E-state index contributed by atoms with van der Waals surface area (Å²) in [6, 6.07) is 5.65. The topological polar surface area (TPSA) is 48.1 Å². The molecule has 1 atom stereocenters. The van der Waals surface area contributed by atoms with Crippen LogP contribution >= 0.6 is 0 Å². The molecule has 0 amide bonds. The van der Waals surface area contributed by atoms with Gasteiger partial charge in [-0.2, -0.15) is 0 Å². The zero-order valence-corrected chi connectivity index (χ0v) is 7.45. The smallest absolute Gasteiger partial charge is 0.123 e. The second-order valence-corrected chi connectivity index (χ2v) is 2.84. The van der Waals surface area contributed by atoms with Gasteiger partial charge in [0.05, 0.1) is 6.61 Å². The van der Waals surface area contributed by atoms with Crippen LogP contribution in [0, 0.1) is 0 Å². The monoisotopic (exact) mass is 166 g/mol. The van der Waals surface area contributed by atoms with Crippen LogP contribution in [0.4, 0.5) is 5.82 Å². The van der Waals surface area contributed by atoms with E-state index in [1.54, 1.807) is 13.2 Å². The Morgan fingerprint density at radius 2 is 2.33 bits per heavy atom. The molecule has 0 fully saturated rings. The van der Waals surface area contributed by atoms with Crippen LogP contribution in [0.2, 0.25) is 0 Å². The summed E-state index contributed by atoms with van der Waals surface area (Å²) in [5.41, 5.74) is 6.52. The fraction of sp³-hybridized carbons (Fsp3) is 0.444. The molecular formula is C9H14N2O. The lowest BCUT2D eigenvalue weighted by molar-refractivity contribution is 0.183. The molecule has 3 nitrogen and oxygen atoms in total. The average Bonchev–Trinajstić information content (AvgIpc) is 2.05. The van der Waals surface area contributed by atoms with Crippen LogP contribution in [0.15, 0.2) is 18.2 Å². The molecule has 0 unspecified atom stereocenters. The van der Waals surface area contributed by atoms with E-state index < -0.39 is 0 Å². The second-order valence-electron chi connectivity index (χ2n) is 2.84. The van der Waals surface area contributed by atoms with Crippen molar-refractivity contribution in [2.75, 3.05) is 19.5 Å². The van der Waals surface area contributed by atoms with E-state index in [-0.39, 0.29) is 0 Å². The van der Waals surface area contributed by atoms with E-state index in [0.717, 1.165) is 5.69 Å². The Balaban J connectivity index is 2.73. The first-order valence-electron chi connectivity index (χ1n) is 3.95. The Morgan fingerprint density at radius 3 is 2.92 bits per heavy atom. The van der Waals surface area contributed by atoms with E-state index in [1.807, 2.05) is 12.1 Å².